The summed E-state index contributed by atoms with van der Waals surface area (Å²) in [7, 11) is 1.32. The average Bonchev–Trinajstić information content (AvgIpc) is 3.18. The number of anilines is 1. The quantitative estimate of drug-likeness (QED) is 0.595. The number of ether oxygens (including phenoxy) is 3. The van der Waals surface area contributed by atoms with Crippen molar-refractivity contribution in [2.24, 2.45) is 0 Å². The van der Waals surface area contributed by atoms with Gasteiger partial charge in [0, 0.05) is 30.5 Å². The van der Waals surface area contributed by atoms with Crippen LogP contribution in [0.2, 0.25) is 0 Å². The lowest BCUT2D eigenvalue weighted by Crippen LogP contribution is -2.36. The Bertz CT molecular complexity index is 1070. The van der Waals surface area contributed by atoms with E-state index in [2.05, 4.69) is 10.3 Å². The molecule has 0 saturated carbocycles. The number of amides is 1. The number of rotatable bonds is 8. The van der Waals surface area contributed by atoms with Gasteiger partial charge in [-0.3, -0.25) is 10.1 Å². The number of carbonyl (C=O) groups is 1. The number of nitrogens with one attached hydrogen (secondary N) is 1. The lowest BCUT2D eigenvalue weighted by Gasteiger charge is -2.24. The minimum Gasteiger partial charge on any atom is -0.493 e. The summed E-state index contributed by atoms with van der Waals surface area (Å²) in [5.74, 6) is 1.16. The molecule has 0 radical (unpaired) electrons. The van der Waals surface area contributed by atoms with Crippen molar-refractivity contribution in [2.45, 2.75) is 19.9 Å². The fourth-order valence-electron chi connectivity index (χ4n) is 3.16. The number of thiazole rings is 1. The van der Waals surface area contributed by atoms with Crippen LogP contribution >= 0.6 is 11.3 Å². The lowest BCUT2D eigenvalue weighted by atomic mass is 10.1. The summed E-state index contributed by atoms with van der Waals surface area (Å²) in [4.78, 5) is 17.7. The van der Waals surface area contributed by atoms with E-state index in [0.717, 1.165) is 10.6 Å². The second-order valence-electron chi connectivity index (χ2n) is 6.65. The van der Waals surface area contributed by atoms with Crippen LogP contribution in [0, 0.1) is 0 Å². The van der Waals surface area contributed by atoms with Crippen LogP contribution in [0.4, 0.5) is 5.13 Å². The first-order valence-electron chi connectivity index (χ1n) is 9.56. The van der Waals surface area contributed by atoms with Crippen LogP contribution in [-0.4, -0.2) is 57.2 Å². The molecule has 0 saturated heterocycles. The van der Waals surface area contributed by atoms with Crippen LogP contribution in [0.5, 0.6) is 17.2 Å². The Labute approximate surface area is 185 Å². The van der Waals surface area contributed by atoms with Crippen molar-refractivity contribution in [3.05, 3.63) is 34.3 Å². The van der Waals surface area contributed by atoms with Crippen molar-refractivity contribution in [3.8, 4) is 17.2 Å². The molecule has 0 fully saturated rings. The topological polar surface area (TPSA) is 107 Å². The van der Waals surface area contributed by atoms with Crippen molar-refractivity contribution >= 4 is 38.5 Å². The van der Waals surface area contributed by atoms with Crippen LogP contribution in [0.15, 0.2) is 18.2 Å². The van der Waals surface area contributed by atoms with Gasteiger partial charge in [0.05, 0.1) is 32.8 Å². The second-order valence-corrected chi connectivity index (χ2v) is 10.00. The van der Waals surface area contributed by atoms with E-state index < -0.39 is 10.0 Å². The highest BCUT2D eigenvalue weighted by molar-refractivity contribution is 7.89. The van der Waals surface area contributed by atoms with Crippen LogP contribution in [0.25, 0.3) is 6.08 Å². The van der Waals surface area contributed by atoms with Crippen LogP contribution < -0.4 is 19.5 Å². The molecule has 1 amide bonds. The van der Waals surface area contributed by atoms with Crippen molar-refractivity contribution in [1.29, 1.82) is 0 Å². The van der Waals surface area contributed by atoms with Gasteiger partial charge in [-0.25, -0.2) is 13.4 Å². The summed E-state index contributed by atoms with van der Waals surface area (Å²) in [6.45, 7) is 2.32. The number of methoxy groups -OCH3 is 3. The Kier molecular flexibility index (Phi) is 7.19. The minimum absolute atomic E-state index is 0.0659. The molecular formula is C20H25N3O6S2. The van der Waals surface area contributed by atoms with Crippen molar-refractivity contribution in [3.63, 3.8) is 0 Å². The van der Waals surface area contributed by atoms with E-state index in [9.17, 15) is 13.2 Å². The monoisotopic (exact) mass is 467 g/mol. The normalized spacial score (nSPS) is 14.3. The molecule has 0 aliphatic carbocycles. The van der Waals surface area contributed by atoms with E-state index in [-0.39, 0.29) is 11.7 Å². The smallest absolute Gasteiger partial charge is 0.250 e. The summed E-state index contributed by atoms with van der Waals surface area (Å²) in [6, 6.07) is 3.46. The van der Waals surface area contributed by atoms with Gasteiger partial charge in [-0.05, 0) is 30.7 Å². The Morgan fingerprint density at radius 1 is 1.23 bits per heavy atom. The molecule has 9 nitrogen and oxygen atoms in total. The van der Waals surface area contributed by atoms with E-state index in [1.54, 1.807) is 25.1 Å². The highest BCUT2D eigenvalue weighted by Crippen LogP contribution is 2.38. The number of carbonyl (C=O) groups excluding carboxylic acids is 1. The van der Waals surface area contributed by atoms with Gasteiger partial charge in [0.25, 0.3) is 0 Å². The molecule has 3 rings (SSSR count). The molecule has 1 aliphatic rings. The summed E-state index contributed by atoms with van der Waals surface area (Å²) < 4.78 is 41.6. The molecule has 31 heavy (non-hydrogen) atoms. The fourth-order valence-corrected chi connectivity index (χ4v) is 5.33. The van der Waals surface area contributed by atoms with Crippen LogP contribution in [0.1, 0.15) is 23.1 Å². The zero-order valence-corrected chi connectivity index (χ0v) is 19.4. The van der Waals surface area contributed by atoms with E-state index in [0.29, 0.717) is 47.5 Å². The zero-order valence-electron chi connectivity index (χ0n) is 17.8. The molecule has 168 valence electrons. The number of hydrogen-bond acceptors (Lipinski definition) is 8. The molecule has 0 unspecified atom stereocenters. The Morgan fingerprint density at radius 2 is 1.90 bits per heavy atom. The van der Waals surface area contributed by atoms with Gasteiger partial charge in [-0.2, -0.15) is 4.31 Å². The zero-order chi connectivity index (χ0) is 22.6. The number of nitrogens with zero attached hydrogens (tertiary/aromatic N) is 2. The third-order valence-electron chi connectivity index (χ3n) is 4.80. The predicted octanol–water partition coefficient (Wildman–Crippen LogP) is 2.53. The minimum atomic E-state index is -3.25. The molecule has 1 aliphatic heterocycles. The lowest BCUT2D eigenvalue weighted by molar-refractivity contribution is -0.111. The van der Waals surface area contributed by atoms with Crippen LogP contribution in [0.3, 0.4) is 0 Å². The summed E-state index contributed by atoms with van der Waals surface area (Å²) in [5.41, 5.74) is 1.53. The number of hydrogen-bond donors (Lipinski definition) is 1. The Hall–Kier alpha value is -2.63. The highest BCUT2D eigenvalue weighted by Gasteiger charge is 2.28. The summed E-state index contributed by atoms with van der Waals surface area (Å²) in [6.07, 6.45) is 3.54. The number of aromatic nitrogens is 1. The van der Waals surface area contributed by atoms with E-state index in [1.165, 1.54) is 43.0 Å². The molecule has 1 N–H and O–H groups in total. The van der Waals surface area contributed by atoms with Gasteiger partial charge in [0.15, 0.2) is 16.6 Å². The van der Waals surface area contributed by atoms with E-state index >= 15 is 0 Å². The third-order valence-corrected chi connectivity index (χ3v) is 7.62. The molecule has 2 heterocycles. The molecule has 1 aromatic heterocycles. The predicted molar refractivity (Wildman–Crippen MR) is 119 cm³/mol. The first-order chi connectivity index (χ1) is 14.8. The van der Waals surface area contributed by atoms with Crippen molar-refractivity contribution in [2.75, 3.05) is 38.9 Å². The largest absolute Gasteiger partial charge is 0.493 e. The number of fused-ring (bicyclic) bond motifs is 1. The second kappa shape index (κ2) is 9.67. The maximum Gasteiger partial charge on any atom is 0.250 e. The van der Waals surface area contributed by atoms with Gasteiger partial charge in [-0.1, -0.05) is 0 Å². The fraction of sp³-hybridized carbons (Fsp3) is 0.400. The Balaban J connectivity index is 1.71. The standard InChI is InChI=1S/C20H25N3O6S2/c1-5-31(25,26)23-9-8-14-17(12-23)30-20(21-14)22-18(24)7-6-13-10-15(27-2)19(29-4)16(11-13)28-3/h6-7,10-11H,5,8-9,12H2,1-4H3,(H,21,22,24)/b7-6+. The molecule has 0 bridgehead atoms. The molecule has 2 aromatic rings. The van der Waals surface area contributed by atoms with Gasteiger partial charge in [-0.15, -0.1) is 11.3 Å². The first kappa shape index (κ1) is 23.0. The summed E-state index contributed by atoms with van der Waals surface area (Å²) in [5, 5.41) is 3.19. The number of sulfonamides is 1. The van der Waals surface area contributed by atoms with Gasteiger partial charge in [0.1, 0.15) is 0 Å². The Morgan fingerprint density at radius 3 is 2.48 bits per heavy atom. The maximum atomic E-state index is 12.4. The van der Waals surface area contributed by atoms with Crippen molar-refractivity contribution in [1.82, 2.24) is 9.29 Å². The third kappa shape index (κ3) is 5.17. The molecule has 0 atom stereocenters. The summed E-state index contributed by atoms with van der Waals surface area (Å²) >= 11 is 1.29. The molecule has 0 spiro atoms. The number of benzene rings is 1. The van der Waals surface area contributed by atoms with E-state index in [4.69, 9.17) is 14.2 Å². The van der Waals surface area contributed by atoms with Gasteiger partial charge in [0.2, 0.25) is 21.7 Å². The molecular weight excluding hydrogens is 442 g/mol. The maximum absolute atomic E-state index is 12.4. The SMILES string of the molecule is CCS(=O)(=O)N1CCc2nc(NC(=O)/C=C/c3cc(OC)c(OC)c(OC)c3)sc2C1. The van der Waals surface area contributed by atoms with Crippen molar-refractivity contribution < 1.29 is 27.4 Å². The molecule has 11 heteroatoms. The first-order valence-corrected chi connectivity index (χ1v) is 12.0. The van der Waals surface area contributed by atoms with Gasteiger partial charge >= 0.3 is 0 Å². The van der Waals surface area contributed by atoms with E-state index in [1.807, 2.05) is 0 Å². The van der Waals surface area contributed by atoms with Gasteiger partial charge < -0.3 is 14.2 Å². The molecule has 1 aromatic carbocycles. The average molecular weight is 468 g/mol. The van der Waals surface area contributed by atoms with Crippen LogP contribution in [-0.2, 0) is 27.8 Å². The highest BCUT2D eigenvalue weighted by atomic mass is 32.2.